The van der Waals surface area contributed by atoms with E-state index in [2.05, 4.69) is 38.0 Å². The first-order valence-electron chi connectivity index (χ1n) is 6.30. The topological polar surface area (TPSA) is 71.2 Å². The molecule has 1 aliphatic heterocycles. The molecule has 1 aliphatic rings. The normalized spacial score (nSPS) is 26.8. The van der Waals surface area contributed by atoms with Crippen molar-refractivity contribution in [2.45, 2.75) is 63.3 Å². The lowest BCUT2D eigenvalue weighted by atomic mass is 9.70. The monoisotopic (exact) mass is 269 g/mol. The van der Waals surface area contributed by atoms with Gasteiger partial charge in [0.1, 0.15) is 5.01 Å². The fourth-order valence-electron chi connectivity index (χ4n) is 3.44. The molecule has 102 valence electrons. The van der Waals surface area contributed by atoms with Gasteiger partial charge >= 0.3 is 0 Å². The summed E-state index contributed by atoms with van der Waals surface area (Å²) in [7, 11) is 0. The van der Waals surface area contributed by atoms with Crippen LogP contribution >= 0.6 is 11.3 Å². The average molecular weight is 269 g/mol. The van der Waals surface area contributed by atoms with Crippen molar-refractivity contribution in [2.24, 2.45) is 5.73 Å². The van der Waals surface area contributed by atoms with E-state index in [1.165, 1.54) is 11.3 Å². The Hall–Kier alpha value is -0.490. The molecule has 18 heavy (non-hydrogen) atoms. The minimum Gasteiger partial charge on any atom is -0.388 e. The molecule has 1 saturated heterocycles. The Morgan fingerprint density at radius 1 is 1.33 bits per heavy atom. The molecule has 1 fully saturated rings. The summed E-state index contributed by atoms with van der Waals surface area (Å²) in [5.74, 6) is 0. The predicted octanol–water partition coefficient (Wildman–Crippen LogP) is 1.81. The van der Waals surface area contributed by atoms with Crippen molar-refractivity contribution in [1.29, 1.82) is 0 Å². The summed E-state index contributed by atoms with van der Waals surface area (Å²) in [5, 5.41) is 17.2. The van der Waals surface area contributed by atoms with Crippen LogP contribution in [0.2, 0.25) is 0 Å². The van der Waals surface area contributed by atoms with Crippen LogP contribution in [0.3, 0.4) is 0 Å². The van der Waals surface area contributed by atoms with Gasteiger partial charge in [0, 0.05) is 22.7 Å². The lowest BCUT2D eigenvalue weighted by Crippen LogP contribution is -2.65. The van der Waals surface area contributed by atoms with E-state index in [4.69, 9.17) is 5.73 Å². The summed E-state index contributed by atoms with van der Waals surface area (Å²) in [5.41, 5.74) is 5.09. The summed E-state index contributed by atoms with van der Waals surface area (Å²) in [6.07, 6.45) is 2.99. The van der Waals surface area contributed by atoms with Gasteiger partial charge in [-0.3, -0.25) is 0 Å². The number of nitrogens with zero attached hydrogens (tertiary/aromatic N) is 1. The Balaban J connectivity index is 2.29. The van der Waals surface area contributed by atoms with Crippen LogP contribution in [0.15, 0.2) is 11.6 Å². The van der Waals surface area contributed by atoms with E-state index in [0.717, 1.165) is 5.01 Å². The summed E-state index contributed by atoms with van der Waals surface area (Å²) in [6.45, 7) is 8.42. The molecule has 0 spiro atoms. The molecule has 1 aromatic rings. The molecule has 5 heteroatoms. The van der Waals surface area contributed by atoms with Gasteiger partial charge in [0.25, 0.3) is 0 Å². The van der Waals surface area contributed by atoms with Crippen LogP contribution in [-0.4, -0.2) is 26.8 Å². The Labute approximate surface area is 113 Å². The van der Waals surface area contributed by atoms with Gasteiger partial charge in [-0.2, -0.15) is 0 Å². The van der Waals surface area contributed by atoms with Crippen molar-refractivity contribution in [3.05, 3.63) is 16.6 Å². The van der Waals surface area contributed by atoms with Crippen LogP contribution in [0.4, 0.5) is 0 Å². The molecule has 4 N–H and O–H groups in total. The second-order valence-corrected chi connectivity index (χ2v) is 7.62. The molecule has 0 bridgehead atoms. The average Bonchev–Trinajstić information content (AvgIpc) is 2.62. The first-order valence-corrected chi connectivity index (χ1v) is 7.18. The second-order valence-electron chi connectivity index (χ2n) is 6.70. The Bertz CT molecular complexity index is 398. The van der Waals surface area contributed by atoms with E-state index in [-0.39, 0.29) is 11.1 Å². The van der Waals surface area contributed by atoms with Gasteiger partial charge in [0.15, 0.2) is 0 Å². The molecule has 1 atom stereocenters. The quantitative estimate of drug-likeness (QED) is 0.766. The van der Waals surface area contributed by atoms with Crippen LogP contribution in [0.1, 0.15) is 51.6 Å². The van der Waals surface area contributed by atoms with Crippen molar-refractivity contribution >= 4 is 11.3 Å². The number of rotatable bonds is 2. The van der Waals surface area contributed by atoms with Gasteiger partial charge in [0.2, 0.25) is 0 Å². The number of hydrogen-bond donors (Lipinski definition) is 3. The van der Waals surface area contributed by atoms with Crippen LogP contribution in [0, 0.1) is 0 Å². The molecule has 2 heterocycles. The lowest BCUT2D eigenvalue weighted by Gasteiger charge is -2.52. The summed E-state index contributed by atoms with van der Waals surface area (Å²) >= 11 is 1.51. The molecule has 0 amide bonds. The number of nitrogens with one attached hydrogen (secondary N) is 1. The van der Waals surface area contributed by atoms with E-state index in [0.29, 0.717) is 12.8 Å². The van der Waals surface area contributed by atoms with Gasteiger partial charge in [-0.1, -0.05) is 0 Å². The van der Waals surface area contributed by atoms with Crippen molar-refractivity contribution in [2.75, 3.05) is 0 Å². The minimum absolute atomic E-state index is 0.134. The zero-order chi connectivity index (χ0) is 13.6. The van der Waals surface area contributed by atoms with Crippen molar-refractivity contribution in [1.82, 2.24) is 10.3 Å². The molecule has 0 aromatic carbocycles. The fraction of sp³-hybridized carbons (Fsp3) is 0.769. The Morgan fingerprint density at radius 3 is 2.33 bits per heavy atom. The minimum atomic E-state index is -0.907. The Morgan fingerprint density at radius 2 is 1.89 bits per heavy atom. The number of nitrogens with two attached hydrogens (primary N) is 1. The van der Waals surface area contributed by atoms with Gasteiger partial charge in [0.05, 0.1) is 11.6 Å². The third kappa shape index (κ3) is 2.74. The lowest BCUT2D eigenvalue weighted by molar-refractivity contribution is -0.0743. The first kappa shape index (κ1) is 13.9. The van der Waals surface area contributed by atoms with Gasteiger partial charge in [-0.05, 0) is 40.5 Å². The summed E-state index contributed by atoms with van der Waals surface area (Å²) in [4.78, 5) is 4.25. The van der Waals surface area contributed by atoms with E-state index in [9.17, 15) is 5.11 Å². The Kier molecular flexibility index (Phi) is 3.30. The maximum Gasteiger partial charge on any atom is 0.112 e. The highest BCUT2D eigenvalue weighted by Crippen LogP contribution is 2.42. The smallest absolute Gasteiger partial charge is 0.112 e. The number of hydrogen-bond acceptors (Lipinski definition) is 5. The van der Waals surface area contributed by atoms with Crippen LogP contribution in [0.25, 0.3) is 0 Å². The standard InChI is InChI=1S/C13H23N3OS/c1-11(2)7-13(17,8-12(3,4)16-11)9(14)10-15-5-6-18-10/h5-6,9,16-17H,7-8,14H2,1-4H3. The highest BCUT2D eigenvalue weighted by Gasteiger charge is 2.50. The zero-order valence-corrected chi connectivity index (χ0v) is 12.3. The van der Waals surface area contributed by atoms with E-state index >= 15 is 0 Å². The maximum absolute atomic E-state index is 11.0. The number of aliphatic hydroxyl groups is 1. The molecular weight excluding hydrogens is 246 g/mol. The molecule has 0 aliphatic carbocycles. The van der Waals surface area contributed by atoms with Crippen LogP contribution < -0.4 is 11.1 Å². The molecule has 1 aromatic heterocycles. The largest absolute Gasteiger partial charge is 0.388 e. The van der Waals surface area contributed by atoms with Crippen molar-refractivity contribution in [3.8, 4) is 0 Å². The van der Waals surface area contributed by atoms with E-state index < -0.39 is 11.6 Å². The van der Waals surface area contributed by atoms with E-state index in [1.54, 1.807) is 6.20 Å². The number of aromatic nitrogens is 1. The van der Waals surface area contributed by atoms with Crippen LogP contribution in [0.5, 0.6) is 0 Å². The van der Waals surface area contributed by atoms with Crippen molar-refractivity contribution in [3.63, 3.8) is 0 Å². The molecular formula is C13H23N3OS. The number of piperidine rings is 1. The predicted molar refractivity (Wildman–Crippen MR) is 74.5 cm³/mol. The summed E-state index contributed by atoms with van der Waals surface area (Å²) < 4.78 is 0. The van der Waals surface area contributed by atoms with Gasteiger partial charge in [-0.25, -0.2) is 4.98 Å². The first-order chi connectivity index (χ1) is 8.14. The second kappa shape index (κ2) is 4.27. The number of thiazole rings is 1. The van der Waals surface area contributed by atoms with Gasteiger partial charge in [-0.15, -0.1) is 11.3 Å². The fourth-order valence-corrected chi connectivity index (χ4v) is 4.18. The highest BCUT2D eigenvalue weighted by molar-refractivity contribution is 7.09. The molecule has 0 saturated carbocycles. The maximum atomic E-state index is 11.0. The van der Waals surface area contributed by atoms with Crippen LogP contribution in [-0.2, 0) is 0 Å². The van der Waals surface area contributed by atoms with Crippen molar-refractivity contribution < 1.29 is 5.11 Å². The SMILES string of the molecule is CC1(C)CC(O)(C(N)c2nccs2)CC(C)(C)N1. The third-order valence-electron chi connectivity index (χ3n) is 3.47. The summed E-state index contributed by atoms with van der Waals surface area (Å²) in [6, 6.07) is -0.418. The van der Waals surface area contributed by atoms with E-state index in [1.807, 2.05) is 5.38 Å². The highest BCUT2D eigenvalue weighted by atomic mass is 32.1. The molecule has 1 unspecified atom stereocenters. The molecule has 2 rings (SSSR count). The third-order valence-corrected chi connectivity index (χ3v) is 4.33. The molecule has 4 nitrogen and oxygen atoms in total. The van der Waals surface area contributed by atoms with Gasteiger partial charge < -0.3 is 16.2 Å². The molecule has 0 radical (unpaired) electrons. The zero-order valence-electron chi connectivity index (χ0n) is 11.5.